The molecular weight excluding hydrogens is 172 g/mol. The maximum absolute atomic E-state index is 9.62. The molecule has 0 heterocycles. The van der Waals surface area contributed by atoms with Crippen LogP contribution in [-0.2, 0) is 0 Å². The monoisotopic (exact) mass is 188 g/mol. The lowest BCUT2D eigenvalue weighted by Gasteiger charge is -2.07. The van der Waals surface area contributed by atoms with Crippen LogP contribution in [0, 0.1) is 5.92 Å². The van der Waals surface area contributed by atoms with Crippen molar-refractivity contribution < 1.29 is 5.11 Å². The van der Waals surface area contributed by atoms with Crippen LogP contribution >= 0.6 is 0 Å². The first-order valence-electron chi connectivity index (χ1n) is 5.27. The Morgan fingerprint density at radius 2 is 1.93 bits per heavy atom. The lowest BCUT2D eigenvalue weighted by Crippen LogP contribution is -2.09. The summed E-state index contributed by atoms with van der Waals surface area (Å²) in [5.41, 5.74) is 1.21. The van der Waals surface area contributed by atoms with Crippen LogP contribution < -0.4 is 0 Å². The second-order valence-electron chi connectivity index (χ2n) is 3.93. The highest BCUT2D eigenvalue weighted by molar-refractivity contribution is 5.49. The van der Waals surface area contributed by atoms with Gasteiger partial charge in [0.15, 0.2) is 0 Å². The maximum Gasteiger partial charge on any atom is 0.0602 e. The second-order valence-corrected chi connectivity index (χ2v) is 3.93. The molecule has 2 atom stereocenters. The largest absolute Gasteiger partial charge is 0.393 e. The molecule has 1 aromatic rings. The van der Waals surface area contributed by atoms with Gasteiger partial charge in [-0.1, -0.05) is 48.9 Å². The van der Waals surface area contributed by atoms with E-state index in [4.69, 9.17) is 0 Å². The fraction of sp³-hybridized carbons (Fsp3) is 0.385. The van der Waals surface area contributed by atoms with Crippen LogP contribution in [0.2, 0.25) is 0 Å². The zero-order valence-electron chi connectivity index (χ0n) is 8.26. The SMILES string of the molecule is O[C@H]1CCC[C@@H]1/C=C/c1ccccc1. The highest BCUT2D eigenvalue weighted by Crippen LogP contribution is 2.27. The van der Waals surface area contributed by atoms with Crippen LogP contribution in [-0.4, -0.2) is 11.2 Å². The van der Waals surface area contributed by atoms with E-state index >= 15 is 0 Å². The van der Waals surface area contributed by atoms with Gasteiger partial charge in [-0.2, -0.15) is 0 Å². The molecule has 0 aliphatic heterocycles. The number of rotatable bonds is 2. The molecule has 0 bridgehead atoms. The van der Waals surface area contributed by atoms with Crippen molar-refractivity contribution in [3.8, 4) is 0 Å². The van der Waals surface area contributed by atoms with Crippen LogP contribution in [0.15, 0.2) is 36.4 Å². The third-order valence-corrected chi connectivity index (χ3v) is 2.87. The molecule has 0 saturated heterocycles. The summed E-state index contributed by atoms with van der Waals surface area (Å²) in [5.74, 6) is 0.371. The van der Waals surface area contributed by atoms with E-state index in [1.807, 2.05) is 18.2 Å². The van der Waals surface area contributed by atoms with Crippen molar-refractivity contribution in [2.45, 2.75) is 25.4 Å². The van der Waals surface area contributed by atoms with Crippen LogP contribution in [0.25, 0.3) is 6.08 Å². The van der Waals surface area contributed by atoms with Gasteiger partial charge in [0.25, 0.3) is 0 Å². The normalized spacial score (nSPS) is 27.2. The topological polar surface area (TPSA) is 20.2 Å². The molecule has 1 nitrogen and oxygen atoms in total. The van der Waals surface area contributed by atoms with Crippen molar-refractivity contribution in [1.29, 1.82) is 0 Å². The summed E-state index contributed by atoms with van der Waals surface area (Å²) >= 11 is 0. The van der Waals surface area contributed by atoms with Gasteiger partial charge >= 0.3 is 0 Å². The molecule has 1 aliphatic rings. The third-order valence-electron chi connectivity index (χ3n) is 2.87. The van der Waals surface area contributed by atoms with E-state index in [2.05, 4.69) is 24.3 Å². The highest BCUT2D eigenvalue weighted by atomic mass is 16.3. The molecule has 0 radical (unpaired) electrons. The van der Waals surface area contributed by atoms with E-state index < -0.39 is 0 Å². The molecule has 1 aromatic carbocycles. The Kier molecular flexibility index (Phi) is 3.00. The van der Waals surface area contributed by atoms with Gasteiger partial charge in [0.2, 0.25) is 0 Å². The predicted octanol–water partition coefficient (Wildman–Crippen LogP) is 2.86. The lowest BCUT2D eigenvalue weighted by molar-refractivity contribution is 0.153. The van der Waals surface area contributed by atoms with Crippen molar-refractivity contribution in [3.63, 3.8) is 0 Å². The number of hydrogen-bond acceptors (Lipinski definition) is 1. The fourth-order valence-corrected chi connectivity index (χ4v) is 1.99. The summed E-state index contributed by atoms with van der Waals surface area (Å²) in [7, 11) is 0. The molecule has 1 saturated carbocycles. The van der Waals surface area contributed by atoms with E-state index in [0.717, 1.165) is 19.3 Å². The third kappa shape index (κ3) is 2.24. The molecule has 2 rings (SSSR count). The summed E-state index contributed by atoms with van der Waals surface area (Å²) in [5, 5.41) is 9.62. The van der Waals surface area contributed by atoms with Gasteiger partial charge < -0.3 is 5.11 Å². The van der Waals surface area contributed by atoms with Gasteiger partial charge in [-0.3, -0.25) is 0 Å². The Morgan fingerprint density at radius 3 is 2.57 bits per heavy atom. The minimum atomic E-state index is -0.116. The van der Waals surface area contributed by atoms with Gasteiger partial charge in [-0.05, 0) is 18.4 Å². The van der Waals surface area contributed by atoms with Gasteiger partial charge in [-0.25, -0.2) is 0 Å². The minimum absolute atomic E-state index is 0.116. The molecule has 0 amide bonds. The minimum Gasteiger partial charge on any atom is -0.393 e. The molecule has 14 heavy (non-hydrogen) atoms. The first-order chi connectivity index (χ1) is 6.86. The zero-order valence-corrected chi connectivity index (χ0v) is 8.26. The first kappa shape index (κ1) is 9.47. The summed E-state index contributed by atoms with van der Waals surface area (Å²) < 4.78 is 0. The molecule has 1 N–H and O–H groups in total. The first-order valence-corrected chi connectivity index (χ1v) is 5.27. The predicted molar refractivity (Wildman–Crippen MR) is 58.8 cm³/mol. The Labute approximate surface area is 85.1 Å². The van der Waals surface area contributed by atoms with E-state index in [9.17, 15) is 5.11 Å². The van der Waals surface area contributed by atoms with Gasteiger partial charge in [0, 0.05) is 5.92 Å². The lowest BCUT2D eigenvalue weighted by atomic mass is 10.0. The van der Waals surface area contributed by atoms with Gasteiger partial charge in [0.05, 0.1) is 6.10 Å². The van der Waals surface area contributed by atoms with Crippen molar-refractivity contribution in [2.24, 2.45) is 5.92 Å². The molecule has 74 valence electrons. The number of benzene rings is 1. The molecule has 1 fully saturated rings. The van der Waals surface area contributed by atoms with Crippen LogP contribution in [0.4, 0.5) is 0 Å². The Balaban J connectivity index is 2.00. The van der Waals surface area contributed by atoms with E-state index in [1.165, 1.54) is 5.56 Å². The average molecular weight is 188 g/mol. The Morgan fingerprint density at radius 1 is 1.14 bits per heavy atom. The summed E-state index contributed by atoms with van der Waals surface area (Å²) in [6.45, 7) is 0. The molecular formula is C13H16O. The van der Waals surface area contributed by atoms with Crippen molar-refractivity contribution in [1.82, 2.24) is 0 Å². The van der Waals surface area contributed by atoms with Crippen molar-refractivity contribution in [3.05, 3.63) is 42.0 Å². The van der Waals surface area contributed by atoms with Crippen LogP contribution in [0.1, 0.15) is 24.8 Å². The van der Waals surface area contributed by atoms with Crippen LogP contribution in [0.3, 0.4) is 0 Å². The Bertz CT molecular complexity index is 302. The molecule has 0 spiro atoms. The van der Waals surface area contributed by atoms with Gasteiger partial charge in [0.1, 0.15) is 0 Å². The highest BCUT2D eigenvalue weighted by Gasteiger charge is 2.22. The number of aliphatic hydroxyl groups is 1. The average Bonchev–Trinajstić information content (AvgIpc) is 2.63. The van der Waals surface area contributed by atoms with E-state index in [0.29, 0.717) is 5.92 Å². The molecule has 1 heteroatoms. The zero-order chi connectivity index (χ0) is 9.80. The number of aliphatic hydroxyl groups excluding tert-OH is 1. The Hall–Kier alpha value is -1.08. The van der Waals surface area contributed by atoms with E-state index in [1.54, 1.807) is 0 Å². The molecule has 1 aliphatic carbocycles. The standard InChI is InChI=1S/C13H16O/c14-13-8-4-7-12(13)10-9-11-5-2-1-3-6-11/h1-3,5-6,9-10,12-14H,4,7-8H2/b10-9+/t12-,13+/m1/s1. The fourth-order valence-electron chi connectivity index (χ4n) is 1.99. The van der Waals surface area contributed by atoms with Crippen molar-refractivity contribution >= 4 is 6.08 Å². The summed E-state index contributed by atoms with van der Waals surface area (Å²) in [4.78, 5) is 0. The molecule has 0 aromatic heterocycles. The quantitative estimate of drug-likeness (QED) is 0.756. The smallest absolute Gasteiger partial charge is 0.0602 e. The van der Waals surface area contributed by atoms with Crippen LogP contribution in [0.5, 0.6) is 0 Å². The summed E-state index contributed by atoms with van der Waals surface area (Å²) in [6.07, 6.45) is 7.39. The van der Waals surface area contributed by atoms with Gasteiger partial charge in [-0.15, -0.1) is 0 Å². The molecule has 0 unspecified atom stereocenters. The summed E-state index contributed by atoms with van der Waals surface area (Å²) in [6, 6.07) is 10.2. The van der Waals surface area contributed by atoms with Crippen molar-refractivity contribution in [2.75, 3.05) is 0 Å². The van der Waals surface area contributed by atoms with E-state index in [-0.39, 0.29) is 6.10 Å². The number of hydrogen-bond donors (Lipinski definition) is 1. The second kappa shape index (κ2) is 4.43. The maximum atomic E-state index is 9.62.